The second kappa shape index (κ2) is 8.88. The lowest BCUT2D eigenvalue weighted by molar-refractivity contribution is -0.113. The zero-order chi connectivity index (χ0) is 19.2. The molecule has 0 spiro atoms. The van der Waals surface area contributed by atoms with Crippen LogP contribution in [-0.2, 0) is 17.9 Å². The maximum absolute atomic E-state index is 12.3. The Labute approximate surface area is 163 Å². The summed E-state index contributed by atoms with van der Waals surface area (Å²) in [6.07, 6.45) is 1.83. The minimum atomic E-state index is -0.121. The third-order valence-corrected chi connectivity index (χ3v) is 5.17. The number of thioether (sulfide) groups is 1. The Hall–Kier alpha value is -2.57. The fourth-order valence-corrected chi connectivity index (χ4v) is 3.47. The molecule has 0 aliphatic carbocycles. The van der Waals surface area contributed by atoms with Crippen LogP contribution in [0, 0.1) is 13.8 Å². The molecule has 0 radical (unpaired) electrons. The molecular formula is C21H23N3O2S. The van der Waals surface area contributed by atoms with Gasteiger partial charge in [0.2, 0.25) is 5.91 Å². The van der Waals surface area contributed by atoms with Gasteiger partial charge in [-0.25, -0.2) is 4.98 Å². The maximum atomic E-state index is 12.3. The molecule has 3 rings (SSSR count). The Morgan fingerprint density at radius 2 is 1.89 bits per heavy atom. The molecule has 0 fully saturated rings. The molecular weight excluding hydrogens is 358 g/mol. The molecule has 5 nitrogen and oxygen atoms in total. The fourth-order valence-electron chi connectivity index (χ4n) is 2.68. The summed E-state index contributed by atoms with van der Waals surface area (Å²) in [5.74, 6) is 0.175. The van der Waals surface area contributed by atoms with E-state index in [2.05, 4.69) is 41.5 Å². The molecule has 0 aliphatic rings. The van der Waals surface area contributed by atoms with Crippen molar-refractivity contribution in [3.05, 3.63) is 77.1 Å². The van der Waals surface area contributed by atoms with Crippen LogP contribution in [0.4, 0.5) is 5.69 Å². The number of hydrogen-bond donors (Lipinski definition) is 2. The first-order valence-corrected chi connectivity index (χ1v) is 9.74. The van der Waals surface area contributed by atoms with Crippen molar-refractivity contribution in [1.82, 2.24) is 9.55 Å². The van der Waals surface area contributed by atoms with Gasteiger partial charge >= 0.3 is 0 Å². The predicted octanol–water partition coefficient (Wildman–Crippen LogP) is 3.77. The molecule has 2 aromatic carbocycles. The minimum Gasteiger partial charge on any atom is -0.390 e. The molecule has 0 aliphatic heterocycles. The summed E-state index contributed by atoms with van der Waals surface area (Å²) in [6.45, 7) is 4.54. The number of nitrogens with one attached hydrogen (secondary N) is 1. The molecule has 0 unspecified atom stereocenters. The van der Waals surface area contributed by atoms with Crippen molar-refractivity contribution < 1.29 is 9.90 Å². The van der Waals surface area contributed by atoms with E-state index in [4.69, 9.17) is 0 Å². The van der Waals surface area contributed by atoms with Gasteiger partial charge in [-0.2, -0.15) is 0 Å². The summed E-state index contributed by atoms with van der Waals surface area (Å²) in [4.78, 5) is 16.7. The summed E-state index contributed by atoms with van der Waals surface area (Å²) in [5.41, 5.74) is 4.81. The Morgan fingerprint density at radius 3 is 2.59 bits per heavy atom. The zero-order valence-electron chi connectivity index (χ0n) is 15.5. The number of nitrogens with zero attached hydrogens (tertiary/aromatic N) is 2. The number of para-hydroxylation sites is 1. The van der Waals surface area contributed by atoms with E-state index in [9.17, 15) is 9.90 Å². The predicted molar refractivity (Wildman–Crippen MR) is 109 cm³/mol. The summed E-state index contributed by atoms with van der Waals surface area (Å²) >= 11 is 1.37. The highest BCUT2D eigenvalue weighted by molar-refractivity contribution is 7.99. The number of amides is 1. The molecule has 0 bridgehead atoms. The number of benzene rings is 2. The van der Waals surface area contributed by atoms with Crippen molar-refractivity contribution in [3.8, 4) is 0 Å². The monoisotopic (exact) mass is 381 g/mol. The lowest BCUT2D eigenvalue weighted by atomic mass is 10.1. The van der Waals surface area contributed by atoms with Gasteiger partial charge in [-0.15, -0.1) is 0 Å². The molecule has 1 heterocycles. The van der Waals surface area contributed by atoms with Crippen LogP contribution in [0.15, 0.2) is 59.9 Å². The van der Waals surface area contributed by atoms with E-state index in [0.29, 0.717) is 12.2 Å². The quantitative estimate of drug-likeness (QED) is 0.612. The van der Waals surface area contributed by atoms with Crippen molar-refractivity contribution >= 4 is 23.4 Å². The topological polar surface area (TPSA) is 67.1 Å². The third kappa shape index (κ3) is 5.21. The highest BCUT2D eigenvalue weighted by Gasteiger charge is 2.12. The first-order valence-electron chi connectivity index (χ1n) is 8.76. The second-order valence-corrected chi connectivity index (χ2v) is 7.38. The highest BCUT2D eigenvalue weighted by atomic mass is 32.2. The Kier molecular flexibility index (Phi) is 6.32. The van der Waals surface area contributed by atoms with Gasteiger partial charge in [0.05, 0.1) is 18.1 Å². The van der Waals surface area contributed by atoms with E-state index in [1.807, 2.05) is 42.0 Å². The van der Waals surface area contributed by atoms with Crippen LogP contribution < -0.4 is 5.32 Å². The number of carbonyl (C=O) groups excluding carboxylic acids is 1. The smallest absolute Gasteiger partial charge is 0.234 e. The highest BCUT2D eigenvalue weighted by Crippen LogP contribution is 2.21. The number of hydrogen-bond acceptors (Lipinski definition) is 4. The zero-order valence-corrected chi connectivity index (χ0v) is 16.3. The number of rotatable bonds is 7. The van der Waals surface area contributed by atoms with Crippen LogP contribution in [0.2, 0.25) is 0 Å². The number of aromatic nitrogens is 2. The van der Waals surface area contributed by atoms with Gasteiger partial charge in [-0.05, 0) is 31.0 Å². The summed E-state index contributed by atoms with van der Waals surface area (Å²) in [6, 6.07) is 16.0. The van der Waals surface area contributed by atoms with E-state index < -0.39 is 0 Å². The van der Waals surface area contributed by atoms with Gasteiger partial charge in [0.15, 0.2) is 5.16 Å². The molecule has 6 heteroatoms. The van der Waals surface area contributed by atoms with Crippen molar-refractivity contribution in [1.29, 1.82) is 0 Å². The number of aliphatic hydroxyl groups excluding tert-OH is 1. The minimum absolute atomic E-state index is 0.0789. The Morgan fingerprint density at radius 1 is 1.15 bits per heavy atom. The van der Waals surface area contributed by atoms with Crippen LogP contribution in [-0.4, -0.2) is 26.3 Å². The fraction of sp³-hybridized carbons (Fsp3) is 0.238. The van der Waals surface area contributed by atoms with E-state index in [1.165, 1.54) is 17.3 Å². The average molecular weight is 382 g/mol. The maximum Gasteiger partial charge on any atom is 0.234 e. The van der Waals surface area contributed by atoms with Crippen LogP contribution in [0.3, 0.4) is 0 Å². The van der Waals surface area contributed by atoms with Gasteiger partial charge in [0.25, 0.3) is 0 Å². The lowest BCUT2D eigenvalue weighted by Crippen LogP contribution is -2.15. The number of imidazole rings is 1. The van der Waals surface area contributed by atoms with Gasteiger partial charge < -0.3 is 15.0 Å². The Bertz CT molecular complexity index is 919. The largest absolute Gasteiger partial charge is 0.390 e. The molecule has 0 atom stereocenters. The van der Waals surface area contributed by atoms with Crippen molar-refractivity contribution in [2.75, 3.05) is 11.1 Å². The molecule has 2 N–H and O–H groups in total. The number of anilines is 1. The van der Waals surface area contributed by atoms with E-state index in [0.717, 1.165) is 22.0 Å². The normalized spacial score (nSPS) is 10.8. The van der Waals surface area contributed by atoms with E-state index in [-0.39, 0.29) is 18.3 Å². The molecule has 0 saturated carbocycles. The molecule has 1 aromatic heterocycles. The standard InChI is InChI=1S/C21H23N3O2S/c1-15-7-9-17(10-8-15)11-24-12-18(13-25)22-21(24)27-14-20(26)23-19-6-4-3-5-16(19)2/h3-10,12,25H,11,13-14H2,1-2H3,(H,23,26). The first-order chi connectivity index (χ1) is 13.0. The average Bonchev–Trinajstić information content (AvgIpc) is 3.06. The van der Waals surface area contributed by atoms with Crippen LogP contribution in [0.25, 0.3) is 0 Å². The number of aryl methyl sites for hydroxylation is 2. The van der Waals surface area contributed by atoms with Crippen LogP contribution in [0.1, 0.15) is 22.4 Å². The van der Waals surface area contributed by atoms with Gasteiger partial charge in [-0.3, -0.25) is 4.79 Å². The van der Waals surface area contributed by atoms with Gasteiger partial charge in [-0.1, -0.05) is 59.8 Å². The summed E-state index contributed by atoms with van der Waals surface area (Å²) in [7, 11) is 0. The molecule has 0 saturated heterocycles. The summed E-state index contributed by atoms with van der Waals surface area (Å²) in [5, 5.41) is 13.1. The molecule has 27 heavy (non-hydrogen) atoms. The lowest BCUT2D eigenvalue weighted by Gasteiger charge is -2.09. The molecule has 3 aromatic rings. The summed E-state index contributed by atoms with van der Waals surface area (Å²) < 4.78 is 1.97. The molecule has 1 amide bonds. The van der Waals surface area contributed by atoms with Gasteiger partial charge in [0.1, 0.15) is 0 Å². The first kappa shape index (κ1) is 19.2. The Balaban J connectivity index is 1.67. The second-order valence-electron chi connectivity index (χ2n) is 6.44. The number of carbonyl (C=O) groups is 1. The SMILES string of the molecule is Cc1ccc(Cn2cc(CO)nc2SCC(=O)Nc2ccccc2C)cc1. The van der Waals surface area contributed by atoms with Crippen molar-refractivity contribution in [2.45, 2.75) is 32.2 Å². The van der Waals surface area contributed by atoms with Gasteiger partial charge in [0, 0.05) is 18.4 Å². The van der Waals surface area contributed by atoms with Crippen LogP contribution >= 0.6 is 11.8 Å². The molecule has 140 valence electrons. The van der Waals surface area contributed by atoms with E-state index in [1.54, 1.807) is 0 Å². The van der Waals surface area contributed by atoms with Crippen molar-refractivity contribution in [3.63, 3.8) is 0 Å². The van der Waals surface area contributed by atoms with Crippen molar-refractivity contribution in [2.24, 2.45) is 0 Å². The van der Waals surface area contributed by atoms with Crippen LogP contribution in [0.5, 0.6) is 0 Å². The number of aliphatic hydroxyl groups is 1. The third-order valence-electron chi connectivity index (χ3n) is 4.18. The van der Waals surface area contributed by atoms with E-state index >= 15 is 0 Å².